The Balaban J connectivity index is 0.00000242. The molecule has 2 unspecified atom stereocenters. The third kappa shape index (κ3) is 4.02. The molecule has 2 heterocycles. The monoisotopic (exact) mass is 328 g/mol. The number of piperidine rings is 1. The molecule has 5 nitrogen and oxygen atoms in total. The molecule has 1 amide bonds. The summed E-state index contributed by atoms with van der Waals surface area (Å²) < 4.78 is 1.96. The van der Waals surface area contributed by atoms with Gasteiger partial charge in [0.2, 0.25) is 0 Å². The van der Waals surface area contributed by atoms with Gasteiger partial charge < -0.3 is 10.6 Å². The maximum Gasteiger partial charge on any atom is 0.255 e. The average molecular weight is 329 g/mol. The van der Waals surface area contributed by atoms with Crippen LogP contribution < -0.4 is 10.6 Å². The van der Waals surface area contributed by atoms with E-state index in [0.717, 1.165) is 31.6 Å². The quantitative estimate of drug-likeness (QED) is 0.895. The molecule has 1 aromatic heterocycles. The Morgan fingerprint density at radius 2 is 2.18 bits per heavy atom. The van der Waals surface area contributed by atoms with Crippen LogP contribution in [0.4, 0.5) is 0 Å². The molecule has 2 rings (SSSR count). The first-order chi connectivity index (χ1) is 9.84. The maximum absolute atomic E-state index is 12.6. The predicted octanol–water partition coefficient (Wildman–Crippen LogP) is 2.35. The first-order valence-electron chi connectivity index (χ1n) is 7.93. The Morgan fingerprint density at radius 1 is 1.50 bits per heavy atom. The number of halogens is 1. The molecule has 1 saturated heterocycles. The molecule has 0 saturated carbocycles. The van der Waals surface area contributed by atoms with Gasteiger partial charge in [-0.15, -0.1) is 12.4 Å². The number of hydrogen-bond acceptors (Lipinski definition) is 3. The summed E-state index contributed by atoms with van der Waals surface area (Å²) in [5, 5.41) is 10.9. The van der Waals surface area contributed by atoms with Crippen molar-refractivity contribution in [3.8, 4) is 0 Å². The molecule has 1 aromatic rings. The zero-order valence-corrected chi connectivity index (χ0v) is 15.1. The molecular weight excluding hydrogens is 300 g/mol. The topological polar surface area (TPSA) is 59.0 Å². The summed E-state index contributed by atoms with van der Waals surface area (Å²) in [4.78, 5) is 12.6. The van der Waals surface area contributed by atoms with Crippen molar-refractivity contribution in [3.63, 3.8) is 0 Å². The number of carbonyl (C=O) groups is 1. The zero-order valence-electron chi connectivity index (χ0n) is 14.3. The van der Waals surface area contributed by atoms with E-state index in [9.17, 15) is 4.79 Å². The number of aromatic nitrogens is 2. The highest BCUT2D eigenvalue weighted by Gasteiger charge is 2.27. The summed E-state index contributed by atoms with van der Waals surface area (Å²) in [7, 11) is 0. The summed E-state index contributed by atoms with van der Waals surface area (Å²) in [6, 6.07) is 0.203. The molecular formula is C16H29ClN4O. The third-order valence-electron chi connectivity index (χ3n) is 4.23. The number of nitrogens with zero attached hydrogens (tertiary/aromatic N) is 2. The number of hydrogen-bond donors (Lipinski definition) is 2. The number of amides is 1. The normalized spacial score (nSPS) is 22.0. The molecule has 0 aliphatic carbocycles. The van der Waals surface area contributed by atoms with Crippen molar-refractivity contribution in [2.75, 3.05) is 13.1 Å². The van der Waals surface area contributed by atoms with Crippen molar-refractivity contribution in [1.82, 2.24) is 20.4 Å². The van der Waals surface area contributed by atoms with Gasteiger partial charge in [-0.1, -0.05) is 13.8 Å². The van der Waals surface area contributed by atoms with Crippen molar-refractivity contribution in [2.24, 2.45) is 5.92 Å². The molecule has 1 aliphatic rings. The molecule has 0 radical (unpaired) electrons. The van der Waals surface area contributed by atoms with Gasteiger partial charge in [-0.25, -0.2) is 0 Å². The SMILES string of the molecule is CCc1c(C(=O)NC2CNCCC2C)cnn1C(C)(C)C.Cl. The second-order valence-corrected chi connectivity index (χ2v) is 6.99. The summed E-state index contributed by atoms with van der Waals surface area (Å²) in [5.41, 5.74) is 1.62. The summed E-state index contributed by atoms with van der Waals surface area (Å²) in [6.45, 7) is 12.5. The second kappa shape index (κ2) is 7.47. The van der Waals surface area contributed by atoms with Crippen LogP contribution in [0.3, 0.4) is 0 Å². The maximum atomic E-state index is 12.6. The lowest BCUT2D eigenvalue weighted by Crippen LogP contribution is -2.50. The van der Waals surface area contributed by atoms with Gasteiger partial charge in [-0.2, -0.15) is 5.10 Å². The largest absolute Gasteiger partial charge is 0.348 e. The van der Waals surface area contributed by atoms with Crippen molar-refractivity contribution in [1.29, 1.82) is 0 Å². The summed E-state index contributed by atoms with van der Waals surface area (Å²) >= 11 is 0. The van der Waals surface area contributed by atoms with Crippen LogP contribution >= 0.6 is 12.4 Å². The van der Waals surface area contributed by atoms with Gasteiger partial charge in [0.05, 0.1) is 23.0 Å². The van der Waals surface area contributed by atoms with E-state index in [1.54, 1.807) is 6.20 Å². The predicted molar refractivity (Wildman–Crippen MR) is 91.8 cm³/mol. The fourth-order valence-electron chi connectivity index (χ4n) is 2.91. The minimum absolute atomic E-state index is 0. The van der Waals surface area contributed by atoms with Crippen LogP contribution in [0.2, 0.25) is 0 Å². The standard InChI is InChI=1S/C16H28N4O.ClH/c1-6-14-12(9-18-20(14)16(3,4)5)15(21)19-13-10-17-8-7-11(13)2;/h9,11,13,17H,6-8,10H2,1-5H3,(H,19,21);1H. The van der Waals surface area contributed by atoms with E-state index in [1.165, 1.54) is 0 Å². The molecule has 1 fully saturated rings. The Labute approximate surface area is 139 Å². The Bertz CT molecular complexity index is 507. The van der Waals surface area contributed by atoms with Crippen LogP contribution in [0.25, 0.3) is 0 Å². The molecule has 0 spiro atoms. The zero-order chi connectivity index (χ0) is 15.6. The molecule has 126 valence electrons. The number of nitrogens with one attached hydrogen (secondary N) is 2. The van der Waals surface area contributed by atoms with E-state index in [0.29, 0.717) is 11.5 Å². The average Bonchev–Trinajstić information content (AvgIpc) is 2.85. The lowest BCUT2D eigenvalue weighted by Gasteiger charge is -2.30. The lowest BCUT2D eigenvalue weighted by molar-refractivity contribution is 0.0914. The van der Waals surface area contributed by atoms with Gasteiger partial charge in [-0.3, -0.25) is 9.48 Å². The van der Waals surface area contributed by atoms with Gasteiger partial charge in [0, 0.05) is 12.6 Å². The van der Waals surface area contributed by atoms with Crippen molar-refractivity contribution < 1.29 is 4.79 Å². The summed E-state index contributed by atoms with van der Waals surface area (Å²) in [6.07, 6.45) is 3.62. The Kier molecular flexibility index (Phi) is 6.44. The highest BCUT2D eigenvalue weighted by atomic mass is 35.5. The van der Waals surface area contributed by atoms with E-state index in [-0.39, 0.29) is 29.9 Å². The Hall–Kier alpha value is -1.07. The first-order valence-corrected chi connectivity index (χ1v) is 7.93. The molecule has 22 heavy (non-hydrogen) atoms. The second-order valence-electron chi connectivity index (χ2n) is 6.99. The molecule has 2 atom stereocenters. The number of rotatable bonds is 3. The van der Waals surface area contributed by atoms with Crippen LogP contribution in [-0.2, 0) is 12.0 Å². The van der Waals surface area contributed by atoms with Crippen LogP contribution in [-0.4, -0.2) is 34.8 Å². The fraction of sp³-hybridized carbons (Fsp3) is 0.750. The van der Waals surface area contributed by atoms with Gasteiger partial charge in [-0.05, 0) is 46.1 Å². The van der Waals surface area contributed by atoms with Crippen LogP contribution in [0.15, 0.2) is 6.20 Å². The van der Waals surface area contributed by atoms with Gasteiger partial charge in [0.15, 0.2) is 0 Å². The van der Waals surface area contributed by atoms with Gasteiger partial charge >= 0.3 is 0 Å². The van der Waals surface area contributed by atoms with E-state index in [4.69, 9.17) is 0 Å². The van der Waals surface area contributed by atoms with E-state index < -0.39 is 0 Å². The van der Waals surface area contributed by atoms with Gasteiger partial charge in [0.25, 0.3) is 5.91 Å². The van der Waals surface area contributed by atoms with Crippen molar-refractivity contribution in [3.05, 3.63) is 17.5 Å². The summed E-state index contributed by atoms with van der Waals surface area (Å²) in [5.74, 6) is 0.515. The lowest BCUT2D eigenvalue weighted by atomic mass is 9.94. The van der Waals surface area contributed by atoms with Crippen molar-refractivity contribution >= 4 is 18.3 Å². The molecule has 0 aromatic carbocycles. The molecule has 2 N–H and O–H groups in total. The first kappa shape index (κ1) is 19.0. The molecule has 6 heteroatoms. The van der Waals surface area contributed by atoms with Gasteiger partial charge in [0.1, 0.15) is 0 Å². The van der Waals surface area contributed by atoms with Crippen LogP contribution in [0.5, 0.6) is 0 Å². The van der Waals surface area contributed by atoms with E-state index in [2.05, 4.69) is 50.4 Å². The smallest absolute Gasteiger partial charge is 0.255 e. The van der Waals surface area contributed by atoms with Crippen molar-refractivity contribution in [2.45, 2.75) is 59.0 Å². The van der Waals surface area contributed by atoms with Crippen LogP contribution in [0.1, 0.15) is 57.1 Å². The Morgan fingerprint density at radius 3 is 2.73 bits per heavy atom. The number of carbonyl (C=O) groups excluding carboxylic acids is 1. The molecule has 0 bridgehead atoms. The minimum atomic E-state index is -0.108. The van der Waals surface area contributed by atoms with Crippen LogP contribution in [0, 0.1) is 5.92 Å². The molecule has 1 aliphatic heterocycles. The highest BCUT2D eigenvalue weighted by molar-refractivity contribution is 5.95. The minimum Gasteiger partial charge on any atom is -0.348 e. The third-order valence-corrected chi connectivity index (χ3v) is 4.23. The van der Waals surface area contributed by atoms with E-state index in [1.807, 2.05) is 4.68 Å². The van der Waals surface area contributed by atoms with E-state index >= 15 is 0 Å². The highest BCUT2D eigenvalue weighted by Crippen LogP contribution is 2.20. The fourth-order valence-corrected chi connectivity index (χ4v) is 2.91.